The molecule has 0 bridgehead atoms. The van der Waals surface area contributed by atoms with E-state index in [1.807, 2.05) is 37.3 Å². The van der Waals surface area contributed by atoms with Crippen LogP contribution in [-0.4, -0.2) is 53.8 Å². The number of likely N-dealkylation sites (tertiary alicyclic amines) is 1. The summed E-state index contributed by atoms with van der Waals surface area (Å²) in [5.74, 6) is 0. The SMILES string of the molecule is CCCN1CC2(CCN(C(=O)OCc3ccccc3)CC2)OC1=O. The first-order valence-corrected chi connectivity index (χ1v) is 8.55. The number of rotatable bonds is 4. The van der Waals surface area contributed by atoms with E-state index in [0.717, 1.165) is 18.5 Å². The van der Waals surface area contributed by atoms with Crippen LogP contribution < -0.4 is 0 Å². The van der Waals surface area contributed by atoms with E-state index in [9.17, 15) is 9.59 Å². The molecule has 0 N–H and O–H groups in total. The molecule has 2 aliphatic rings. The van der Waals surface area contributed by atoms with Gasteiger partial charge in [0.15, 0.2) is 0 Å². The van der Waals surface area contributed by atoms with E-state index in [2.05, 4.69) is 0 Å². The zero-order valence-corrected chi connectivity index (χ0v) is 14.1. The second-order valence-corrected chi connectivity index (χ2v) is 6.50. The Bertz CT molecular complexity index is 582. The van der Waals surface area contributed by atoms with E-state index in [1.54, 1.807) is 9.80 Å². The van der Waals surface area contributed by atoms with Crippen LogP contribution in [0.3, 0.4) is 0 Å². The fourth-order valence-electron chi connectivity index (χ4n) is 3.30. The van der Waals surface area contributed by atoms with Crippen LogP contribution in [0.1, 0.15) is 31.7 Å². The van der Waals surface area contributed by atoms with E-state index >= 15 is 0 Å². The van der Waals surface area contributed by atoms with Crippen molar-refractivity contribution in [2.24, 2.45) is 0 Å². The zero-order valence-electron chi connectivity index (χ0n) is 14.1. The van der Waals surface area contributed by atoms with Crippen LogP contribution >= 0.6 is 0 Å². The maximum absolute atomic E-state index is 12.2. The highest BCUT2D eigenvalue weighted by Crippen LogP contribution is 2.33. The molecule has 1 aromatic rings. The fraction of sp³-hybridized carbons (Fsp3) is 0.556. The summed E-state index contributed by atoms with van der Waals surface area (Å²) in [5, 5.41) is 0. The molecule has 1 aromatic carbocycles. The summed E-state index contributed by atoms with van der Waals surface area (Å²) in [6.07, 6.45) is 1.72. The van der Waals surface area contributed by atoms with Gasteiger partial charge in [0, 0.05) is 32.5 Å². The topological polar surface area (TPSA) is 59.1 Å². The number of piperidine rings is 1. The molecule has 0 unspecified atom stereocenters. The molecule has 2 aliphatic heterocycles. The number of benzene rings is 1. The summed E-state index contributed by atoms with van der Waals surface area (Å²) in [6.45, 7) is 4.79. The third kappa shape index (κ3) is 3.63. The third-order valence-electron chi connectivity index (χ3n) is 4.67. The van der Waals surface area contributed by atoms with Crippen molar-refractivity contribution in [3.8, 4) is 0 Å². The van der Waals surface area contributed by atoms with Crippen LogP contribution in [0.5, 0.6) is 0 Å². The fourth-order valence-corrected chi connectivity index (χ4v) is 3.30. The molecule has 0 aliphatic carbocycles. The van der Waals surface area contributed by atoms with Crippen molar-refractivity contribution in [2.45, 2.75) is 38.4 Å². The maximum Gasteiger partial charge on any atom is 0.410 e. The lowest BCUT2D eigenvalue weighted by Gasteiger charge is -2.36. The smallest absolute Gasteiger partial charge is 0.410 e. The van der Waals surface area contributed by atoms with Crippen LogP contribution in [-0.2, 0) is 16.1 Å². The Morgan fingerprint density at radius 2 is 1.96 bits per heavy atom. The van der Waals surface area contributed by atoms with Crippen molar-refractivity contribution >= 4 is 12.2 Å². The summed E-state index contributed by atoms with van der Waals surface area (Å²) >= 11 is 0. The summed E-state index contributed by atoms with van der Waals surface area (Å²) in [7, 11) is 0. The van der Waals surface area contributed by atoms with Crippen LogP contribution in [0.25, 0.3) is 0 Å². The predicted molar refractivity (Wildman–Crippen MR) is 88.5 cm³/mol. The molecule has 0 atom stereocenters. The molecule has 0 saturated carbocycles. The standard InChI is InChI=1S/C18H24N2O4/c1-2-10-20-14-18(24-17(20)22)8-11-19(12-9-18)16(21)23-13-15-6-4-3-5-7-15/h3-7H,2,8-14H2,1H3. The van der Waals surface area contributed by atoms with Gasteiger partial charge in [-0.15, -0.1) is 0 Å². The van der Waals surface area contributed by atoms with E-state index in [1.165, 1.54) is 0 Å². The summed E-state index contributed by atoms with van der Waals surface area (Å²) in [5.41, 5.74) is 0.543. The van der Waals surface area contributed by atoms with Crippen molar-refractivity contribution in [2.75, 3.05) is 26.2 Å². The molecular weight excluding hydrogens is 308 g/mol. The first-order chi connectivity index (χ1) is 11.6. The molecule has 130 valence electrons. The maximum atomic E-state index is 12.2. The van der Waals surface area contributed by atoms with Gasteiger partial charge in [0.25, 0.3) is 0 Å². The molecule has 2 saturated heterocycles. The second-order valence-electron chi connectivity index (χ2n) is 6.50. The quantitative estimate of drug-likeness (QED) is 0.850. The molecule has 0 aromatic heterocycles. The monoisotopic (exact) mass is 332 g/mol. The average molecular weight is 332 g/mol. The van der Waals surface area contributed by atoms with Crippen molar-refractivity contribution in [3.63, 3.8) is 0 Å². The Labute approximate surface area is 142 Å². The van der Waals surface area contributed by atoms with Crippen LogP contribution in [0.4, 0.5) is 9.59 Å². The molecular formula is C18H24N2O4. The molecule has 2 heterocycles. The van der Waals surface area contributed by atoms with Gasteiger partial charge in [-0.2, -0.15) is 0 Å². The van der Waals surface area contributed by atoms with Gasteiger partial charge in [0.1, 0.15) is 12.2 Å². The molecule has 6 nitrogen and oxygen atoms in total. The Hall–Kier alpha value is -2.24. The predicted octanol–water partition coefficient (Wildman–Crippen LogP) is 3.02. The lowest BCUT2D eigenvalue weighted by atomic mass is 9.91. The van der Waals surface area contributed by atoms with Crippen molar-refractivity contribution in [1.82, 2.24) is 9.80 Å². The Balaban J connectivity index is 1.48. The highest BCUT2D eigenvalue weighted by molar-refractivity contribution is 5.71. The first-order valence-electron chi connectivity index (χ1n) is 8.55. The van der Waals surface area contributed by atoms with Gasteiger partial charge in [-0.25, -0.2) is 9.59 Å². The normalized spacial score (nSPS) is 19.5. The molecule has 1 spiro atoms. The highest BCUT2D eigenvalue weighted by atomic mass is 16.6. The number of hydrogen-bond acceptors (Lipinski definition) is 4. The number of carbonyl (C=O) groups is 2. The second kappa shape index (κ2) is 7.11. The lowest BCUT2D eigenvalue weighted by molar-refractivity contribution is -0.00132. The van der Waals surface area contributed by atoms with Crippen molar-refractivity contribution in [1.29, 1.82) is 0 Å². The molecule has 2 amide bonds. The molecule has 6 heteroatoms. The van der Waals surface area contributed by atoms with Crippen molar-refractivity contribution < 1.29 is 19.1 Å². The van der Waals surface area contributed by atoms with Crippen LogP contribution in [0, 0.1) is 0 Å². The Morgan fingerprint density at radius 3 is 2.62 bits per heavy atom. The largest absolute Gasteiger partial charge is 0.445 e. The van der Waals surface area contributed by atoms with E-state index < -0.39 is 5.60 Å². The molecule has 2 fully saturated rings. The Morgan fingerprint density at radius 1 is 1.25 bits per heavy atom. The van der Waals surface area contributed by atoms with Gasteiger partial charge < -0.3 is 19.3 Å². The number of carbonyl (C=O) groups excluding carboxylic acids is 2. The van der Waals surface area contributed by atoms with Crippen LogP contribution in [0.2, 0.25) is 0 Å². The molecule has 0 radical (unpaired) electrons. The zero-order chi connectivity index (χ0) is 17.0. The number of amides is 2. The summed E-state index contributed by atoms with van der Waals surface area (Å²) in [6, 6.07) is 9.63. The lowest BCUT2D eigenvalue weighted by Crippen LogP contribution is -2.48. The van der Waals surface area contributed by atoms with E-state index in [0.29, 0.717) is 32.5 Å². The third-order valence-corrected chi connectivity index (χ3v) is 4.67. The summed E-state index contributed by atoms with van der Waals surface area (Å²) in [4.78, 5) is 27.6. The minimum absolute atomic E-state index is 0.225. The average Bonchev–Trinajstić information content (AvgIpc) is 2.90. The van der Waals surface area contributed by atoms with Crippen molar-refractivity contribution in [3.05, 3.63) is 35.9 Å². The number of nitrogens with zero attached hydrogens (tertiary/aromatic N) is 2. The minimum atomic E-state index is -0.428. The first kappa shape index (κ1) is 16.6. The number of hydrogen-bond donors (Lipinski definition) is 0. The van der Waals surface area contributed by atoms with Gasteiger partial charge in [-0.3, -0.25) is 0 Å². The van der Waals surface area contributed by atoms with Gasteiger partial charge in [0.05, 0.1) is 6.54 Å². The summed E-state index contributed by atoms with van der Waals surface area (Å²) < 4.78 is 11.0. The molecule has 24 heavy (non-hydrogen) atoms. The van der Waals surface area contributed by atoms with Crippen LogP contribution in [0.15, 0.2) is 30.3 Å². The highest BCUT2D eigenvalue weighted by Gasteiger charge is 2.47. The van der Waals surface area contributed by atoms with Gasteiger partial charge in [-0.1, -0.05) is 37.3 Å². The van der Waals surface area contributed by atoms with E-state index in [4.69, 9.17) is 9.47 Å². The molecule has 3 rings (SSSR count). The number of ether oxygens (including phenoxy) is 2. The van der Waals surface area contributed by atoms with Gasteiger partial charge >= 0.3 is 12.2 Å². The van der Waals surface area contributed by atoms with Gasteiger partial charge in [-0.05, 0) is 12.0 Å². The minimum Gasteiger partial charge on any atom is -0.445 e. The van der Waals surface area contributed by atoms with Gasteiger partial charge in [0.2, 0.25) is 0 Å². The Kier molecular flexibility index (Phi) is 4.92. The van der Waals surface area contributed by atoms with E-state index in [-0.39, 0.29) is 18.8 Å².